The van der Waals surface area contributed by atoms with Gasteiger partial charge in [0.1, 0.15) is 15.6 Å². The minimum atomic E-state index is -3.62. The van der Waals surface area contributed by atoms with E-state index >= 15 is 0 Å². The largest absolute Gasteiger partial charge is 0.480 e. The third kappa shape index (κ3) is 6.51. The molecule has 4 heterocycles. The normalized spacial score (nSPS) is 17.7. The molecule has 0 unspecified atom stereocenters. The van der Waals surface area contributed by atoms with Gasteiger partial charge in [-0.1, -0.05) is 0 Å². The number of thiazole rings is 1. The number of hydrogen-bond donors (Lipinski definition) is 4. The average molecular weight is 616 g/mol. The number of aromatic amines is 1. The molecule has 1 aliphatic heterocycles. The van der Waals surface area contributed by atoms with E-state index in [1.807, 2.05) is 13.8 Å². The highest BCUT2D eigenvalue weighted by Gasteiger charge is 2.27. The number of nitrogens with zero attached hydrogens (tertiary/aromatic N) is 4. The first-order valence-corrected chi connectivity index (χ1v) is 15.5. The number of anilines is 2. The van der Waals surface area contributed by atoms with Crippen LogP contribution in [0.15, 0.2) is 30.6 Å². The van der Waals surface area contributed by atoms with Crippen LogP contribution in [0.3, 0.4) is 0 Å². The number of benzene rings is 1. The van der Waals surface area contributed by atoms with Gasteiger partial charge in [0.15, 0.2) is 5.69 Å². The van der Waals surface area contributed by atoms with Gasteiger partial charge in [0, 0.05) is 30.2 Å². The van der Waals surface area contributed by atoms with Crippen LogP contribution in [-0.4, -0.2) is 89.1 Å². The zero-order valence-corrected chi connectivity index (χ0v) is 24.8. The van der Waals surface area contributed by atoms with Crippen molar-refractivity contribution in [1.82, 2.24) is 25.1 Å². The Morgan fingerprint density at radius 2 is 1.88 bits per heavy atom. The second-order valence-electron chi connectivity index (χ2n) is 10.0. The van der Waals surface area contributed by atoms with Crippen molar-refractivity contribution in [2.45, 2.75) is 32.6 Å². The maximum Gasteiger partial charge on any atom is 0.348 e. The molecule has 3 aromatic heterocycles. The fourth-order valence-electron chi connectivity index (χ4n) is 4.88. The van der Waals surface area contributed by atoms with Gasteiger partial charge in [-0.25, -0.2) is 23.2 Å². The first-order chi connectivity index (χ1) is 19.9. The van der Waals surface area contributed by atoms with E-state index < -0.39 is 21.9 Å². The molecule has 0 radical (unpaired) electrons. The van der Waals surface area contributed by atoms with Gasteiger partial charge in [0.05, 0.1) is 49.5 Å². The lowest BCUT2D eigenvalue weighted by Crippen LogP contribution is -2.44. The third-order valence-electron chi connectivity index (χ3n) is 6.41. The number of carboxylic acids is 1. The molecule has 4 aromatic rings. The lowest BCUT2D eigenvalue weighted by atomic mass is 10.0. The van der Waals surface area contributed by atoms with Crippen molar-refractivity contribution < 1.29 is 32.6 Å². The fraction of sp³-hybridized carbons (Fsp3) is 0.346. The highest BCUT2D eigenvalue weighted by Crippen LogP contribution is 2.34. The standard InChI is InChI=1S/C26H29N7O7S2/c1-13-10-33(11-14(2)40-13)12-21-30-22(23(41-21)26(35)36)24(34)29-18-5-15(6-19-17(18)9-28-31-19)16-7-20(32-42(4,37)38)25(39-3)27-8-16/h5-9,13-14,32H,10-12H2,1-4H3,(H,28,31)(H,29,34)(H,35,36)/t13-,14+. The van der Waals surface area contributed by atoms with Crippen molar-refractivity contribution in [3.05, 3.63) is 46.2 Å². The van der Waals surface area contributed by atoms with Crippen LogP contribution in [0.25, 0.3) is 22.0 Å². The highest BCUT2D eigenvalue weighted by molar-refractivity contribution is 7.92. The van der Waals surface area contributed by atoms with Crippen molar-refractivity contribution in [2.75, 3.05) is 36.5 Å². The first kappa shape index (κ1) is 29.4. The summed E-state index contributed by atoms with van der Waals surface area (Å²) in [5, 5.41) is 20.7. The fourth-order valence-corrected chi connectivity index (χ4v) is 6.37. The Kier molecular flexibility index (Phi) is 8.14. The smallest absolute Gasteiger partial charge is 0.348 e. The minimum absolute atomic E-state index is 0.0270. The van der Waals surface area contributed by atoms with Gasteiger partial charge in [-0.05, 0) is 37.6 Å². The number of sulfonamides is 1. The Hall–Kier alpha value is -4.12. The van der Waals surface area contributed by atoms with Crippen LogP contribution < -0.4 is 14.8 Å². The van der Waals surface area contributed by atoms with Gasteiger partial charge in [0.2, 0.25) is 15.9 Å². The molecule has 222 valence electrons. The van der Waals surface area contributed by atoms with E-state index in [1.54, 1.807) is 18.2 Å². The van der Waals surface area contributed by atoms with Crippen LogP contribution in [0, 0.1) is 0 Å². The van der Waals surface area contributed by atoms with E-state index in [4.69, 9.17) is 9.47 Å². The molecule has 0 bridgehead atoms. The van der Waals surface area contributed by atoms with Crippen LogP contribution in [0.4, 0.5) is 11.4 Å². The molecular formula is C26H29N7O7S2. The predicted octanol–water partition coefficient (Wildman–Crippen LogP) is 3.02. The van der Waals surface area contributed by atoms with Gasteiger partial charge >= 0.3 is 5.97 Å². The van der Waals surface area contributed by atoms with Crippen LogP contribution in [0.2, 0.25) is 0 Å². The van der Waals surface area contributed by atoms with Gasteiger partial charge in [-0.15, -0.1) is 11.3 Å². The van der Waals surface area contributed by atoms with E-state index in [0.717, 1.165) is 17.6 Å². The molecular weight excluding hydrogens is 586 g/mol. The van der Waals surface area contributed by atoms with Gasteiger partial charge in [-0.3, -0.25) is 19.5 Å². The van der Waals surface area contributed by atoms with Gasteiger partial charge in [-0.2, -0.15) is 5.10 Å². The number of H-pyrrole nitrogens is 1. The van der Waals surface area contributed by atoms with Crippen LogP contribution >= 0.6 is 11.3 Å². The summed E-state index contributed by atoms with van der Waals surface area (Å²) in [6, 6.07) is 4.98. The van der Waals surface area contributed by atoms with E-state index in [0.29, 0.717) is 52.4 Å². The molecule has 1 saturated heterocycles. The summed E-state index contributed by atoms with van der Waals surface area (Å²) in [6.07, 6.45) is 4.10. The van der Waals surface area contributed by atoms with Crippen molar-refractivity contribution in [3.63, 3.8) is 0 Å². The molecule has 0 aliphatic carbocycles. The number of ether oxygens (including phenoxy) is 2. The number of amides is 1. The van der Waals surface area contributed by atoms with Crippen molar-refractivity contribution in [3.8, 4) is 17.0 Å². The predicted molar refractivity (Wildman–Crippen MR) is 157 cm³/mol. The Bertz CT molecular complexity index is 1760. The number of fused-ring (bicyclic) bond motifs is 1. The number of pyridine rings is 1. The van der Waals surface area contributed by atoms with Gasteiger partial charge < -0.3 is 19.9 Å². The van der Waals surface area contributed by atoms with E-state index in [9.17, 15) is 23.1 Å². The second kappa shape index (κ2) is 11.6. The van der Waals surface area contributed by atoms with Crippen LogP contribution in [0.1, 0.15) is 39.0 Å². The van der Waals surface area contributed by atoms with Gasteiger partial charge in [0.25, 0.3) is 5.91 Å². The summed E-state index contributed by atoms with van der Waals surface area (Å²) in [4.78, 5) is 36.1. The number of hydrogen-bond acceptors (Lipinski definition) is 11. The van der Waals surface area contributed by atoms with Crippen molar-refractivity contribution >= 4 is 55.5 Å². The zero-order valence-electron chi connectivity index (χ0n) is 23.2. The summed E-state index contributed by atoms with van der Waals surface area (Å²) in [6.45, 7) is 5.68. The number of rotatable bonds is 9. The average Bonchev–Trinajstić information content (AvgIpc) is 3.55. The van der Waals surface area contributed by atoms with E-state index in [1.165, 1.54) is 19.5 Å². The number of aromatic carboxylic acids is 1. The lowest BCUT2D eigenvalue weighted by molar-refractivity contribution is -0.0705. The lowest BCUT2D eigenvalue weighted by Gasteiger charge is -2.34. The molecule has 0 saturated carbocycles. The molecule has 1 fully saturated rings. The molecule has 1 aliphatic rings. The summed E-state index contributed by atoms with van der Waals surface area (Å²) in [7, 11) is -2.25. The topological polar surface area (TPSA) is 189 Å². The Morgan fingerprint density at radius 1 is 1.17 bits per heavy atom. The molecule has 1 aromatic carbocycles. The number of morpholine rings is 1. The molecule has 14 nitrogen and oxygen atoms in total. The molecule has 2 atom stereocenters. The highest BCUT2D eigenvalue weighted by atomic mass is 32.2. The van der Waals surface area contributed by atoms with Crippen LogP contribution in [0.5, 0.6) is 5.88 Å². The number of methoxy groups -OCH3 is 1. The summed E-state index contributed by atoms with van der Waals surface area (Å²) in [5.41, 5.74) is 1.95. The first-order valence-electron chi connectivity index (χ1n) is 12.8. The zero-order chi connectivity index (χ0) is 30.2. The summed E-state index contributed by atoms with van der Waals surface area (Å²) >= 11 is 0.969. The quantitative estimate of drug-likeness (QED) is 0.217. The molecule has 5 rings (SSSR count). The Labute approximate surface area is 245 Å². The maximum absolute atomic E-state index is 13.5. The molecule has 1 amide bonds. The van der Waals surface area contributed by atoms with Crippen molar-refractivity contribution in [2.24, 2.45) is 0 Å². The summed E-state index contributed by atoms with van der Waals surface area (Å²) in [5.74, 6) is -1.85. The number of aromatic nitrogens is 4. The van der Waals surface area contributed by atoms with E-state index in [-0.39, 0.29) is 34.3 Å². The van der Waals surface area contributed by atoms with E-state index in [2.05, 4.69) is 35.1 Å². The number of carbonyl (C=O) groups is 2. The molecule has 42 heavy (non-hydrogen) atoms. The second-order valence-corrected chi connectivity index (χ2v) is 12.8. The number of nitrogens with one attached hydrogen (secondary N) is 3. The molecule has 4 N–H and O–H groups in total. The van der Waals surface area contributed by atoms with Crippen molar-refractivity contribution in [1.29, 1.82) is 0 Å². The SMILES string of the molecule is COc1ncc(-c2cc(NC(=O)c3nc(CN4C[C@@H](C)O[C@@H](C)C4)sc3C(=O)O)c3cn[nH]c3c2)cc1NS(C)(=O)=O. The number of carboxylic acid groups (broad SMARTS) is 1. The maximum atomic E-state index is 13.5. The monoisotopic (exact) mass is 615 g/mol. The Balaban J connectivity index is 1.46. The minimum Gasteiger partial charge on any atom is -0.480 e. The summed E-state index contributed by atoms with van der Waals surface area (Å²) < 4.78 is 37.1. The molecule has 16 heteroatoms. The third-order valence-corrected chi connectivity index (χ3v) is 8.03. The van der Waals surface area contributed by atoms with Crippen LogP contribution in [-0.2, 0) is 21.3 Å². The molecule has 0 spiro atoms. The Morgan fingerprint density at radius 3 is 2.55 bits per heavy atom. The number of carbonyl (C=O) groups excluding carboxylic acids is 1.